The Morgan fingerprint density at radius 2 is 1.55 bits per heavy atom. The van der Waals surface area contributed by atoms with Gasteiger partial charge in [-0.3, -0.25) is 9.59 Å². The lowest BCUT2D eigenvalue weighted by molar-refractivity contribution is 0.0926. The van der Waals surface area contributed by atoms with Crippen LogP contribution >= 0.6 is 0 Å². The summed E-state index contributed by atoms with van der Waals surface area (Å²) in [6.45, 7) is 0. The monoisotopic (exact) mass is 397 g/mol. The van der Waals surface area contributed by atoms with Gasteiger partial charge in [-0.1, -0.05) is 18.2 Å². The molecule has 1 aliphatic rings. The molecule has 0 aromatic heterocycles. The molecule has 0 spiro atoms. The minimum absolute atomic E-state index is 0.0630. The molecule has 0 radical (unpaired) electrons. The van der Waals surface area contributed by atoms with Gasteiger partial charge < -0.3 is 25.8 Å². The number of nitrogens with two attached hydrogens (primary N) is 1. The highest BCUT2D eigenvalue weighted by molar-refractivity contribution is 6.09. The number of hydrogen-bond acceptors (Lipinski definition) is 5. The summed E-state index contributed by atoms with van der Waals surface area (Å²) >= 11 is 0. The van der Waals surface area contributed by atoms with Crippen molar-refractivity contribution in [3.63, 3.8) is 0 Å². The fourth-order valence-electron chi connectivity index (χ4n) is 3.48. The van der Waals surface area contributed by atoms with Gasteiger partial charge in [0, 0.05) is 23.7 Å². The van der Waals surface area contributed by atoms with E-state index in [1.54, 1.807) is 36.4 Å². The van der Waals surface area contributed by atoms with Crippen molar-refractivity contribution in [2.24, 2.45) is 5.73 Å². The summed E-state index contributed by atoms with van der Waals surface area (Å²) in [6.07, 6.45) is 3.45. The second-order valence-corrected chi connectivity index (χ2v) is 7.16. The molecule has 2 aromatic rings. The van der Waals surface area contributed by atoms with Gasteiger partial charge in [0.05, 0.1) is 25.5 Å². The highest BCUT2D eigenvalue weighted by Gasteiger charge is 2.24. The summed E-state index contributed by atoms with van der Waals surface area (Å²) in [4.78, 5) is 25.7. The summed E-state index contributed by atoms with van der Waals surface area (Å²) in [7, 11) is 3.01. The minimum Gasteiger partial charge on any atom is -0.493 e. The molecular formula is C22H27N3O4. The Bertz CT molecular complexity index is 862. The van der Waals surface area contributed by atoms with Crippen LogP contribution in [0.4, 0.5) is 5.69 Å². The summed E-state index contributed by atoms with van der Waals surface area (Å²) in [5.41, 5.74) is 7.13. The molecule has 1 saturated carbocycles. The van der Waals surface area contributed by atoms with Crippen molar-refractivity contribution in [3.8, 4) is 11.5 Å². The number of benzene rings is 2. The number of nitrogens with one attached hydrogen (secondary N) is 2. The summed E-state index contributed by atoms with van der Waals surface area (Å²) < 4.78 is 10.7. The van der Waals surface area contributed by atoms with Gasteiger partial charge >= 0.3 is 0 Å². The van der Waals surface area contributed by atoms with Gasteiger partial charge in [0.15, 0.2) is 11.5 Å². The molecule has 0 atom stereocenters. The smallest absolute Gasteiger partial charge is 0.255 e. The maximum atomic E-state index is 13.0. The normalized spacial score (nSPS) is 18.6. The zero-order valence-electron chi connectivity index (χ0n) is 16.7. The van der Waals surface area contributed by atoms with Crippen molar-refractivity contribution in [1.29, 1.82) is 0 Å². The van der Waals surface area contributed by atoms with Crippen LogP contribution in [-0.2, 0) is 0 Å². The molecule has 0 saturated heterocycles. The van der Waals surface area contributed by atoms with Crippen molar-refractivity contribution < 1.29 is 19.1 Å². The number of carbonyl (C=O) groups excluding carboxylic acids is 2. The molecule has 4 N–H and O–H groups in total. The van der Waals surface area contributed by atoms with Crippen molar-refractivity contribution in [2.45, 2.75) is 37.8 Å². The van der Waals surface area contributed by atoms with Gasteiger partial charge in [-0.2, -0.15) is 0 Å². The van der Waals surface area contributed by atoms with Crippen LogP contribution in [0.5, 0.6) is 11.5 Å². The van der Waals surface area contributed by atoms with Crippen LogP contribution in [0.1, 0.15) is 46.4 Å². The van der Waals surface area contributed by atoms with Crippen molar-refractivity contribution in [1.82, 2.24) is 5.32 Å². The Morgan fingerprint density at radius 3 is 2.17 bits per heavy atom. The SMILES string of the molecule is COc1cc(NC(=O)c2ccccc2)c(C(=O)NC2CCC(N)CC2)cc1OC. The number of carbonyl (C=O) groups is 2. The molecule has 0 heterocycles. The lowest BCUT2D eigenvalue weighted by Gasteiger charge is -2.27. The number of rotatable bonds is 6. The van der Waals surface area contributed by atoms with E-state index < -0.39 is 0 Å². The summed E-state index contributed by atoms with van der Waals surface area (Å²) in [6, 6.07) is 12.3. The van der Waals surface area contributed by atoms with E-state index in [0.717, 1.165) is 25.7 Å². The molecule has 7 nitrogen and oxygen atoms in total. The first-order valence-electron chi connectivity index (χ1n) is 9.70. The molecule has 0 bridgehead atoms. The third-order valence-electron chi connectivity index (χ3n) is 5.16. The maximum Gasteiger partial charge on any atom is 0.255 e. The molecule has 7 heteroatoms. The van der Waals surface area contributed by atoms with Gasteiger partial charge in [-0.15, -0.1) is 0 Å². The Labute approximate surface area is 170 Å². The lowest BCUT2D eigenvalue weighted by Crippen LogP contribution is -2.40. The average molecular weight is 397 g/mol. The Morgan fingerprint density at radius 1 is 0.931 bits per heavy atom. The molecule has 0 aliphatic heterocycles. The van der Waals surface area contributed by atoms with Gasteiger partial charge in [0.1, 0.15) is 0 Å². The van der Waals surface area contributed by atoms with E-state index in [1.807, 2.05) is 6.07 Å². The molecule has 29 heavy (non-hydrogen) atoms. The maximum absolute atomic E-state index is 13.0. The first-order valence-corrected chi connectivity index (χ1v) is 9.70. The first-order chi connectivity index (χ1) is 14.0. The van der Waals surface area contributed by atoms with Crippen LogP contribution in [-0.4, -0.2) is 38.1 Å². The van der Waals surface area contributed by atoms with Crippen LogP contribution in [0.2, 0.25) is 0 Å². The van der Waals surface area contributed by atoms with Crippen LogP contribution in [0.3, 0.4) is 0 Å². The lowest BCUT2D eigenvalue weighted by atomic mass is 9.91. The minimum atomic E-state index is -0.310. The third-order valence-corrected chi connectivity index (χ3v) is 5.16. The molecule has 3 rings (SSSR count). The van der Waals surface area contributed by atoms with Crippen molar-refractivity contribution >= 4 is 17.5 Å². The van der Waals surface area contributed by atoms with Gasteiger partial charge in [-0.25, -0.2) is 0 Å². The summed E-state index contributed by atoms with van der Waals surface area (Å²) in [5.74, 6) is 0.266. The number of ether oxygens (including phenoxy) is 2. The van der Waals surface area contributed by atoms with Crippen molar-refractivity contribution in [3.05, 3.63) is 53.6 Å². The molecule has 1 fully saturated rings. The third kappa shape index (κ3) is 5.06. The van der Waals surface area contributed by atoms with Gasteiger partial charge in [0.2, 0.25) is 0 Å². The van der Waals surface area contributed by atoms with E-state index in [1.165, 1.54) is 14.2 Å². The Kier molecular flexibility index (Phi) is 6.72. The predicted octanol–water partition coefficient (Wildman–Crippen LogP) is 2.96. The number of amides is 2. The first kappa shape index (κ1) is 20.7. The number of hydrogen-bond donors (Lipinski definition) is 3. The molecule has 2 amide bonds. The predicted molar refractivity (Wildman–Crippen MR) is 112 cm³/mol. The molecule has 154 valence electrons. The number of anilines is 1. The van der Waals surface area contributed by atoms with E-state index in [2.05, 4.69) is 10.6 Å². The highest BCUT2D eigenvalue weighted by Crippen LogP contribution is 2.34. The van der Waals surface area contributed by atoms with E-state index in [0.29, 0.717) is 28.3 Å². The van der Waals surface area contributed by atoms with Gasteiger partial charge in [-0.05, 0) is 43.9 Å². The average Bonchev–Trinajstić information content (AvgIpc) is 2.75. The topological polar surface area (TPSA) is 103 Å². The second kappa shape index (κ2) is 9.43. The second-order valence-electron chi connectivity index (χ2n) is 7.16. The molecular weight excluding hydrogens is 370 g/mol. The van der Waals surface area contributed by atoms with Crippen molar-refractivity contribution in [2.75, 3.05) is 19.5 Å². The van der Waals surface area contributed by atoms with Crippen LogP contribution in [0.15, 0.2) is 42.5 Å². The Hall–Kier alpha value is -3.06. The zero-order chi connectivity index (χ0) is 20.8. The quantitative estimate of drug-likeness (QED) is 0.695. The molecule has 1 aliphatic carbocycles. The zero-order valence-corrected chi connectivity index (χ0v) is 16.7. The molecule has 2 aromatic carbocycles. The Balaban J connectivity index is 1.87. The highest BCUT2D eigenvalue weighted by atomic mass is 16.5. The van der Waals surface area contributed by atoms with E-state index in [-0.39, 0.29) is 23.9 Å². The van der Waals surface area contributed by atoms with E-state index >= 15 is 0 Å². The standard InChI is InChI=1S/C22H27N3O4/c1-28-19-12-17(22(27)24-16-10-8-15(23)9-11-16)18(13-20(19)29-2)25-21(26)14-6-4-3-5-7-14/h3-7,12-13,15-16H,8-11,23H2,1-2H3,(H,24,27)(H,25,26). The van der Waals surface area contributed by atoms with E-state index in [4.69, 9.17) is 15.2 Å². The van der Waals surface area contributed by atoms with Gasteiger partial charge in [0.25, 0.3) is 11.8 Å². The largest absolute Gasteiger partial charge is 0.493 e. The van der Waals surface area contributed by atoms with Crippen LogP contribution < -0.4 is 25.8 Å². The van der Waals surface area contributed by atoms with Crippen LogP contribution in [0.25, 0.3) is 0 Å². The molecule has 0 unspecified atom stereocenters. The van der Waals surface area contributed by atoms with Crippen LogP contribution in [0, 0.1) is 0 Å². The summed E-state index contributed by atoms with van der Waals surface area (Å²) in [5, 5.41) is 5.88. The fourth-order valence-corrected chi connectivity index (χ4v) is 3.48. The number of methoxy groups -OCH3 is 2. The van der Waals surface area contributed by atoms with E-state index in [9.17, 15) is 9.59 Å². The fraction of sp³-hybridized carbons (Fsp3) is 0.364.